The van der Waals surface area contributed by atoms with Gasteiger partial charge in [0, 0.05) is 6.42 Å². The Hall–Kier alpha value is -0.560. The molecule has 0 radical (unpaired) electrons. The molecular formula is C15H25ClO. The molecule has 0 aliphatic carbocycles. The summed E-state index contributed by atoms with van der Waals surface area (Å²) in [6.45, 7) is 2.21. The van der Waals surface area contributed by atoms with Crippen molar-refractivity contribution in [2.75, 3.05) is 0 Å². The van der Waals surface area contributed by atoms with Crippen LogP contribution < -0.4 is 0 Å². The summed E-state index contributed by atoms with van der Waals surface area (Å²) < 4.78 is 0. The van der Waals surface area contributed by atoms with Gasteiger partial charge in [0.05, 0.1) is 0 Å². The minimum atomic E-state index is -0.210. The Morgan fingerprint density at radius 2 is 1.59 bits per heavy atom. The van der Waals surface area contributed by atoms with Crippen LogP contribution in [0.4, 0.5) is 0 Å². The molecule has 0 amide bonds. The molecule has 0 unspecified atom stereocenters. The number of halogens is 1. The second kappa shape index (κ2) is 13.5. The van der Waals surface area contributed by atoms with Crippen molar-refractivity contribution in [1.29, 1.82) is 0 Å². The number of rotatable bonds is 11. The molecule has 0 aromatic rings. The molecular weight excluding hydrogens is 232 g/mol. The van der Waals surface area contributed by atoms with E-state index in [0.717, 1.165) is 32.1 Å². The first-order valence-corrected chi connectivity index (χ1v) is 7.13. The third kappa shape index (κ3) is 15.4. The van der Waals surface area contributed by atoms with Crippen molar-refractivity contribution in [2.45, 2.75) is 64.7 Å². The van der Waals surface area contributed by atoms with E-state index in [-0.39, 0.29) is 5.24 Å². The Kier molecular flexibility index (Phi) is 13.1. The van der Waals surface area contributed by atoms with E-state index < -0.39 is 0 Å². The van der Waals surface area contributed by atoms with Crippen LogP contribution in [0.15, 0.2) is 24.3 Å². The molecule has 0 heterocycles. The van der Waals surface area contributed by atoms with Crippen LogP contribution in [-0.2, 0) is 4.79 Å². The molecule has 0 spiro atoms. The van der Waals surface area contributed by atoms with Gasteiger partial charge in [0.2, 0.25) is 5.24 Å². The highest BCUT2D eigenvalue weighted by Crippen LogP contribution is 2.05. The lowest BCUT2D eigenvalue weighted by Gasteiger charge is -1.94. The lowest BCUT2D eigenvalue weighted by molar-refractivity contribution is -0.111. The fourth-order valence-electron chi connectivity index (χ4n) is 1.53. The van der Waals surface area contributed by atoms with Crippen molar-refractivity contribution in [3.8, 4) is 0 Å². The molecule has 1 nitrogen and oxygen atoms in total. The van der Waals surface area contributed by atoms with Crippen LogP contribution in [-0.4, -0.2) is 5.24 Å². The Morgan fingerprint density at radius 3 is 2.18 bits per heavy atom. The van der Waals surface area contributed by atoms with E-state index in [0.29, 0.717) is 6.42 Å². The maximum absolute atomic E-state index is 10.5. The van der Waals surface area contributed by atoms with Gasteiger partial charge in [-0.2, -0.15) is 0 Å². The summed E-state index contributed by atoms with van der Waals surface area (Å²) in [7, 11) is 0. The highest BCUT2D eigenvalue weighted by Gasteiger charge is 1.94. The Labute approximate surface area is 111 Å². The summed E-state index contributed by atoms with van der Waals surface area (Å²) in [5, 5.41) is -0.210. The molecule has 0 atom stereocenters. The Morgan fingerprint density at radius 1 is 0.941 bits per heavy atom. The van der Waals surface area contributed by atoms with Crippen LogP contribution in [0.2, 0.25) is 0 Å². The minimum Gasteiger partial charge on any atom is -0.281 e. The molecule has 0 aromatic carbocycles. The van der Waals surface area contributed by atoms with E-state index >= 15 is 0 Å². The number of unbranched alkanes of at least 4 members (excludes halogenated alkanes) is 5. The molecule has 0 rings (SSSR count). The van der Waals surface area contributed by atoms with Crippen LogP contribution in [0.3, 0.4) is 0 Å². The van der Waals surface area contributed by atoms with Crippen molar-refractivity contribution >= 4 is 16.8 Å². The van der Waals surface area contributed by atoms with Gasteiger partial charge in [0.1, 0.15) is 0 Å². The zero-order valence-electron chi connectivity index (χ0n) is 11.0. The van der Waals surface area contributed by atoms with Crippen molar-refractivity contribution < 1.29 is 4.79 Å². The van der Waals surface area contributed by atoms with Crippen molar-refractivity contribution in [3.05, 3.63) is 24.3 Å². The topological polar surface area (TPSA) is 17.1 Å². The first kappa shape index (κ1) is 16.4. The molecule has 0 aliphatic rings. The number of carbonyl (C=O) groups is 1. The SMILES string of the molecule is CCCC/C=C/C/C=C/CCCCCC(=O)Cl. The van der Waals surface area contributed by atoms with E-state index in [9.17, 15) is 4.79 Å². The summed E-state index contributed by atoms with van der Waals surface area (Å²) in [6, 6.07) is 0. The molecule has 0 saturated heterocycles. The molecule has 17 heavy (non-hydrogen) atoms. The number of hydrogen-bond acceptors (Lipinski definition) is 1. The second-order valence-corrected chi connectivity index (χ2v) is 4.70. The third-order valence-electron chi connectivity index (χ3n) is 2.57. The molecule has 0 fully saturated rings. The van der Waals surface area contributed by atoms with Gasteiger partial charge in [-0.15, -0.1) is 0 Å². The van der Waals surface area contributed by atoms with Crippen LogP contribution in [0.1, 0.15) is 64.7 Å². The molecule has 0 aliphatic heterocycles. The van der Waals surface area contributed by atoms with Gasteiger partial charge < -0.3 is 0 Å². The summed E-state index contributed by atoms with van der Waals surface area (Å²) in [4.78, 5) is 10.5. The average Bonchev–Trinajstić information content (AvgIpc) is 2.30. The van der Waals surface area contributed by atoms with Crippen molar-refractivity contribution in [2.24, 2.45) is 0 Å². The van der Waals surface area contributed by atoms with E-state index in [1.54, 1.807) is 0 Å². The molecule has 0 saturated carbocycles. The van der Waals surface area contributed by atoms with Crippen LogP contribution in [0, 0.1) is 0 Å². The summed E-state index contributed by atoms with van der Waals surface area (Å²) >= 11 is 5.25. The molecule has 0 N–H and O–H groups in total. The standard InChI is InChI=1S/C15H25ClO/c1-2-3-4-5-6-7-8-9-10-11-12-13-14-15(16)17/h5-6,8-9H,2-4,7,10-14H2,1H3/b6-5+,9-8+. The normalized spacial score (nSPS) is 11.6. The largest absolute Gasteiger partial charge is 0.281 e. The third-order valence-corrected chi connectivity index (χ3v) is 2.76. The van der Waals surface area contributed by atoms with Gasteiger partial charge in [-0.05, 0) is 43.7 Å². The maximum atomic E-state index is 10.5. The van der Waals surface area contributed by atoms with Gasteiger partial charge in [-0.3, -0.25) is 4.79 Å². The van der Waals surface area contributed by atoms with Gasteiger partial charge in [-0.1, -0.05) is 50.5 Å². The summed E-state index contributed by atoms with van der Waals surface area (Å²) in [5.41, 5.74) is 0. The maximum Gasteiger partial charge on any atom is 0.221 e. The zero-order valence-corrected chi connectivity index (χ0v) is 11.7. The predicted molar refractivity (Wildman–Crippen MR) is 76.4 cm³/mol. The second-order valence-electron chi connectivity index (χ2n) is 4.28. The predicted octanol–water partition coefficient (Wildman–Crippen LogP) is 5.40. The number of carbonyl (C=O) groups excluding carboxylic acids is 1. The summed E-state index contributed by atoms with van der Waals surface area (Å²) in [6.07, 6.45) is 18.6. The lowest BCUT2D eigenvalue weighted by atomic mass is 10.1. The first-order chi connectivity index (χ1) is 8.27. The van der Waals surface area contributed by atoms with Crippen LogP contribution in [0.25, 0.3) is 0 Å². The zero-order chi connectivity index (χ0) is 12.8. The Bertz CT molecular complexity index is 231. The average molecular weight is 257 g/mol. The van der Waals surface area contributed by atoms with E-state index in [4.69, 9.17) is 11.6 Å². The quantitative estimate of drug-likeness (QED) is 0.275. The first-order valence-electron chi connectivity index (χ1n) is 6.75. The fourth-order valence-corrected chi connectivity index (χ4v) is 1.67. The van der Waals surface area contributed by atoms with Gasteiger partial charge >= 0.3 is 0 Å². The smallest absolute Gasteiger partial charge is 0.221 e. The van der Waals surface area contributed by atoms with Crippen molar-refractivity contribution in [1.82, 2.24) is 0 Å². The van der Waals surface area contributed by atoms with Crippen molar-refractivity contribution in [3.63, 3.8) is 0 Å². The summed E-state index contributed by atoms with van der Waals surface area (Å²) in [5.74, 6) is 0. The molecule has 0 aromatic heterocycles. The van der Waals surface area contributed by atoms with Crippen LogP contribution in [0.5, 0.6) is 0 Å². The monoisotopic (exact) mass is 256 g/mol. The van der Waals surface area contributed by atoms with E-state index in [2.05, 4.69) is 31.2 Å². The molecule has 2 heteroatoms. The number of hydrogen-bond donors (Lipinski definition) is 0. The molecule has 98 valence electrons. The van der Waals surface area contributed by atoms with E-state index in [1.165, 1.54) is 19.3 Å². The van der Waals surface area contributed by atoms with Gasteiger partial charge in [0.15, 0.2) is 0 Å². The van der Waals surface area contributed by atoms with E-state index in [1.807, 2.05) is 0 Å². The minimum absolute atomic E-state index is 0.210. The highest BCUT2D eigenvalue weighted by atomic mass is 35.5. The van der Waals surface area contributed by atoms with Gasteiger partial charge in [0.25, 0.3) is 0 Å². The molecule has 0 bridgehead atoms. The Balaban J connectivity index is 3.19. The number of allylic oxidation sites excluding steroid dienone is 4. The van der Waals surface area contributed by atoms with Crippen LogP contribution >= 0.6 is 11.6 Å². The highest BCUT2D eigenvalue weighted by molar-refractivity contribution is 6.63. The van der Waals surface area contributed by atoms with Gasteiger partial charge in [-0.25, -0.2) is 0 Å². The fraction of sp³-hybridized carbons (Fsp3) is 0.667. The lowest BCUT2D eigenvalue weighted by Crippen LogP contribution is -1.85.